The van der Waals surface area contributed by atoms with Crippen LogP contribution < -0.4 is 0 Å². The largest absolute Gasteiger partial charge is 0.304 e. The summed E-state index contributed by atoms with van der Waals surface area (Å²) in [5.74, 6) is 1.88. The molecule has 1 aromatic carbocycles. The first kappa shape index (κ1) is 18.9. The molecule has 140 valence electrons. The summed E-state index contributed by atoms with van der Waals surface area (Å²) in [4.78, 5) is 5.36. The fraction of sp³-hybridized carbons (Fsp3) is 0.739. The molecule has 3 rings (SSSR count). The van der Waals surface area contributed by atoms with Gasteiger partial charge in [0.2, 0.25) is 0 Å². The number of unbranched alkanes of at least 4 members (excludes halogenated alkanes) is 1. The second kappa shape index (κ2) is 10.3. The highest BCUT2D eigenvalue weighted by atomic mass is 15.1. The van der Waals surface area contributed by atoms with E-state index in [1.807, 2.05) is 0 Å². The van der Waals surface area contributed by atoms with Crippen LogP contribution in [0.3, 0.4) is 0 Å². The molecule has 0 N–H and O–H groups in total. The molecule has 2 aliphatic heterocycles. The minimum Gasteiger partial charge on any atom is -0.304 e. The van der Waals surface area contributed by atoms with Crippen LogP contribution in [0.1, 0.15) is 57.4 Å². The molecule has 0 aliphatic carbocycles. The van der Waals surface area contributed by atoms with E-state index in [0.717, 1.165) is 11.8 Å². The van der Waals surface area contributed by atoms with Gasteiger partial charge in [-0.3, -0.25) is 0 Å². The normalized spacial score (nSPS) is 23.8. The van der Waals surface area contributed by atoms with E-state index in [2.05, 4.69) is 47.1 Å². The highest BCUT2D eigenvalue weighted by Crippen LogP contribution is 2.24. The van der Waals surface area contributed by atoms with Crippen LogP contribution in [0.4, 0.5) is 0 Å². The number of benzene rings is 1. The van der Waals surface area contributed by atoms with Crippen molar-refractivity contribution in [1.82, 2.24) is 9.80 Å². The molecular weight excluding hydrogens is 304 g/mol. The molecule has 2 fully saturated rings. The van der Waals surface area contributed by atoms with Crippen molar-refractivity contribution in [2.45, 2.75) is 58.3 Å². The van der Waals surface area contributed by atoms with Gasteiger partial charge in [0.15, 0.2) is 0 Å². The van der Waals surface area contributed by atoms with Crippen molar-refractivity contribution in [3.63, 3.8) is 0 Å². The van der Waals surface area contributed by atoms with E-state index in [4.69, 9.17) is 0 Å². The first-order valence-electron chi connectivity index (χ1n) is 10.8. The van der Waals surface area contributed by atoms with Crippen LogP contribution in [0, 0.1) is 11.8 Å². The highest BCUT2D eigenvalue weighted by molar-refractivity contribution is 5.15. The summed E-state index contributed by atoms with van der Waals surface area (Å²) >= 11 is 0. The molecule has 25 heavy (non-hydrogen) atoms. The Morgan fingerprint density at radius 2 is 1.68 bits per heavy atom. The maximum Gasteiger partial charge on any atom is 0.00128 e. The van der Waals surface area contributed by atoms with Crippen molar-refractivity contribution in [2.75, 3.05) is 39.3 Å². The first-order chi connectivity index (χ1) is 12.3. The Balaban J connectivity index is 1.29. The fourth-order valence-corrected chi connectivity index (χ4v) is 4.83. The van der Waals surface area contributed by atoms with Gasteiger partial charge in [0.25, 0.3) is 0 Å². The Kier molecular flexibility index (Phi) is 7.81. The average molecular weight is 343 g/mol. The average Bonchev–Trinajstić information content (AvgIpc) is 2.67. The third kappa shape index (κ3) is 6.42. The van der Waals surface area contributed by atoms with Crippen molar-refractivity contribution in [3.05, 3.63) is 35.9 Å². The Hall–Kier alpha value is -0.860. The van der Waals surface area contributed by atoms with Crippen molar-refractivity contribution in [2.24, 2.45) is 11.8 Å². The Labute approximate surface area is 155 Å². The Bertz CT molecular complexity index is 464. The summed E-state index contributed by atoms with van der Waals surface area (Å²) < 4.78 is 0. The predicted molar refractivity (Wildman–Crippen MR) is 108 cm³/mol. The van der Waals surface area contributed by atoms with E-state index in [1.54, 1.807) is 0 Å². The van der Waals surface area contributed by atoms with Crippen molar-refractivity contribution < 1.29 is 0 Å². The standard InChI is InChI=1S/C23H38N2/c1-2-24-17-13-21(14-18-24)9-6-7-15-25-16-8-12-23(20-25)19-22-10-4-3-5-11-22/h3-5,10-11,21,23H,2,6-9,12-20H2,1H3. The summed E-state index contributed by atoms with van der Waals surface area (Å²) in [5.41, 5.74) is 1.52. The van der Waals surface area contributed by atoms with Crippen LogP contribution in [0.5, 0.6) is 0 Å². The lowest BCUT2D eigenvalue weighted by Crippen LogP contribution is -2.37. The van der Waals surface area contributed by atoms with Crippen LogP contribution in [0.15, 0.2) is 30.3 Å². The van der Waals surface area contributed by atoms with E-state index in [9.17, 15) is 0 Å². The van der Waals surface area contributed by atoms with E-state index in [-0.39, 0.29) is 0 Å². The second-order valence-electron chi connectivity index (χ2n) is 8.37. The van der Waals surface area contributed by atoms with Gasteiger partial charge in [0.1, 0.15) is 0 Å². The summed E-state index contributed by atoms with van der Waals surface area (Å²) in [6, 6.07) is 11.1. The quantitative estimate of drug-likeness (QED) is 0.624. The van der Waals surface area contributed by atoms with Gasteiger partial charge in [-0.1, -0.05) is 50.1 Å². The number of rotatable bonds is 8. The smallest absolute Gasteiger partial charge is 0.00128 e. The lowest BCUT2D eigenvalue weighted by atomic mass is 9.90. The molecule has 2 saturated heterocycles. The third-order valence-corrected chi connectivity index (χ3v) is 6.46. The van der Waals surface area contributed by atoms with E-state index in [1.165, 1.54) is 96.2 Å². The fourth-order valence-electron chi connectivity index (χ4n) is 4.83. The van der Waals surface area contributed by atoms with Gasteiger partial charge in [0, 0.05) is 6.54 Å². The Morgan fingerprint density at radius 3 is 2.44 bits per heavy atom. The topological polar surface area (TPSA) is 6.48 Å². The summed E-state index contributed by atoms with van der Waals surface area (Å²) in [6.07, 6.45) is 11.3. The van der Waals surface area contributed by atoms with E-state index in [0.29, 0.717) is 0 Å². The third-order valence-electron chi connectivity index (χ3n) is 6.46. The lowest BCUT2D eigenvalue weighted by molar-refractivity contribution is 0.164. The second-order valence-corrected chi connectivity index (χ2v) is 8.37. The molecule has 1 aromatic rings. The number of nitrogens with zero attached hydrogens (tertiary/aromatic N) is 2. The van der Waals surface area contributed by atoms with Crippen LogP contribution >= 0.6 is 0 Å². The monoisotopic (exact) mass is 342 g/mol. The molecule has 2 nitrogen and oxygen atoms in total. The molecule has 0 amide bonds. The van der Waals surface area contributed by atoms with Gasteiger partial charge in [-0.2, -0.15) is 0 Å². The predicted octanol–water partition coefficient (Wildman–Crippen LogP) is 4.84. The molecule has 2 heterocycles. The number of likely N-dealkylation sites (tertiary alicyclic amines) is 2. The summed E-state index contributed by atoms with van der Waals surface area (Å²) in [6.45, 7) is 10.2. The number of hydrogen-bond acceptors (Lipinski definition) is 2. The molecule has 1 atom stereocenters. The van der Waals surface area contributed by atoms with Gasteiger partial charge >= 0.3 is 0 Å². The number of piperidine rings is 2. The first-order valence-corrected chi connectivity index (χ1v) is 10.8. The van der Waals surface area contributed by atoms with Gasteiger partial charge in [-0.05, 0) is 88.6 Å². The van der Waals surface area contributed by atoms with Crippen LogP contribution in [0.25, 0.3) is 0 Å². The summed E-state index contributed by atoms with van der Waals surface area (Å²) in [7, 11) is 0. The molecular formula is C23H38N2. The zero-order chi connectivity index (χ0) is 17.3. The minimum absolute atomic E-state index is 0.870. The van der Waals surface area contributed by atoms with Crippen LogP contribution in [-0.4, -0.2) is 49.1 Å². The van der Waals surface area contributed by atoms with Gasteiger partial charge in [0.05, 0.1) is 0 Å². The minimum atomic E-state index is 0.870. The number of hydrogen-bond donors (Lipinski definition) is 0. The molecule has 1 unspecified atom stereocenters. The molecule has 0 spiro atoms. The van der Waals surface area contributed by atoms with Gasteiger partial charge in [-0.15, -0.1) is 0 Å². The molecule has 0 radical (unpaired) electrons. The maximum atomic E-state index is 2.75. The molecule has 2 aliphatic rings. The SMILES string of the molecule is CCN1CCC(CCCCN2CCCC(Cc3ccccc3)C2)CC1. The van der Waals surface area contributed by atoms with Crippen LogP contribution in [-0.2, 0) is 6.42 Å². The molecule has 0 saturated carbocycles. The lowest BCUT2D eigenvalue weighted by Gasteiger charge is -2.33. The Morgan fingerprint density at radius 1 is 0.880 bits per heavy atom. The van der Waals surface area contributed by atoms with Crippen molar-refractivity contribution >= 4 is 0 Å². The van der Waals surface area contributed by atoms with Crippen LogP contribution in [0.2, 0.25) is 0 Å². The molecule has 0 bridgehead atoms. The highest BCUT2D eigenvalue weighted by Gasteiger charge is 2.20. The van der Waals surface area contributed by atoms with Crippen molar-refractivity contribution in [1.29, 1.82) is 0 Å². The maximum absolute atomic E-state index is 2.75. The van der Waals surface area contributed by atoms with E-state index < -0.39 is 0 Å². The van der Waals surface area contributed by atoms with Gasteiger partial charge in [-0.25, -0.2) is 0 Å². The summed E-state index contributed by atoms with van der Waals surface area (Å²) in [5, 5.41) is 0. The molecule has 0 aromatic heterocycles. The zero-order valence-electron chi connectivity index (χ0n) is 16.3. The molecule has 2 heteroatoms. The van der Waals surface area contributed by atoms with E-state index >= 15 is 0 Å². The van der Waals surface area contributed by atoms with Crippen molar-refractivity contribution in [3.8, 4) is 0 Å². The zero-order valence-corrected chi connectivity index (χ0v) is 16.3. The van der Waals surface area contributed by atoms with Gasteiger partial charge < -0.3 is 9.80 Å².